The maximum Gasteiger partial charge on any atom is 0.264 e. The van der Waals surface area contributed by atoms with Crippen molar-refractivity contribution >= 4 is 16.9 Å². The SMILES string of the molecule is Cc1nn(CC(=O)N2CCN(Cc3ccccn3)CC2)c2nc(-c3ccccc3)cc(C(F)F)c12. The monoisotopic (exact) mass is 476 g/mol. The number of fused-ring (bicyclic) bond motifs is 1. The average Bonchev–Trinajstić information content (AvgIpc) is 3.19. The van der Waals surface area contributed by atoms with E-state index in [9.17, 15) is 13.6 Å². The van der Waals surface area contributed by atoms with E-state index < -0.39 is 6.43 Å². The van der Waals surface area contributed by atoms with Crippen LogP contribution in [0.25, 0.3) is 22.3 Å². The molecule has 180 valence electrons. The zero-order valence-corrected chi connectivity index (χ0v) is 19.4. The smallest absolute Gasteiger partial charge is 0.264 e. The summed E-state index contributed by atoms with van der Waals surface area (Å²) in [5.41, 5.74) is 2.80. The summed E-state index contributed by atoms with van der Waals surface area (Å²) in [6, 6.07) is 16.5. The van der Waals surface area contributed by atoms with Gasteiger partial charge in [0.2, 0.25) is 5.91 Å². The van der Waals surface area contributed by atoms with E-state index >= 15 is 0 Å². The zero-order valence-electron chi connectivity index (χ0n) is 19.4. The van der Waals surface area contributed by atoms with Crippen molar-refractivity contribution in [2.24, 2.45) is 0 Å². The van der Waals surface area contributed by atoms with E-state index in [2.05, 4.69) is 20.0 Å². The number of benzene rings is 1. The number of aryl methyl sites for hydroxylation is 1. The predicted molar refractivity (Wildman–Crippen MR) is 129 cm³/mol. The number of aromatic nitrogens is 4. The molecule has 0 bridgehead atoms. The third-order valence-corrected chi connectivity index (χ3v) is 6.33. The molecule has 0 radical (unpaired) electrons. The molecule has 1 aromatic carbocycles. The molecule has 0 atom stereocenters. The summed E-state index contributed by atoms with van der Waals surface area (Å²) in [7, 11) is 0. The molecule has 3 aromatic heterocycles. The molecule has 0 unspecified atom stereocenters. The lowest BCUT2D eigenvalue weighted by Gasteiger charge is -2.34. The first-order valence-electron chi connectivity index (χ1n) is 11.6. The van der Waals surface area contributed by atoms with Crippen molar-refractivity contribution < 1.29 is 13.6 Å². The van der Waals surface area contributed by atoms with Crippen molar-refractivity contribution in [3.05, 3.63) is 77.7 Å². The molecular weight excluding hydrogens is 450 g/mol. The normalized spacial score (nSPS) is 14.7. The Kier molecular flexibility index (Phi) is 6.50. The van der Waals surface area contributed by atoms with E-state index in [1.165, 1.54) is 10.7 Å². The summed E-state index contributed by atoms with van der Waals surface area (Å²) in [4.78, 5) is 26.2. The van der Waals surface area contributed by atoms with E-state index in [-0.39, 0.29) is 18.0 Å². The number of hydrogen-bond acceptors (Lipinski definition) is 5. The van der Waals surface area contributed by atoms with Crippen molar-refractivity contribution in [2.75, 3.05) is 26.2 Å². The van der Waals surface area contributed by atoms with Gasteiger partial charge in [0.15, 0.2) is 5.65 Å². The fraction of sp³-hybridized carbons (Fsp3) is 0.308. The second-order valence-electron chi connectivity index (χ2n) is 8.68. The van der Waals surface area contributed by atoms with Crippen LogP contribution in [0.3, 0.4) is 0 Å². The summed E-state index contributed by atoms with van der Waals surface area (Å²) < 4.78 is 29.4. The van der Waals surface area contributed by atoms with Gasteiger partial charge in [0.1, 0.15) is 6.54 Å². The van der Waals surface area contributed by atoms with Crippen LogP contribution in [-0.4, -0.2) is 61.6 Å². The minimum Gasteiger partial charge on any atom is -0.339 e. The van der Waals surface area contributed by atoms with Crippen LogP contribution in [0.1, 0.15) is 23.4 Å². The largest absolute Gasteiger partial charge is 0.339 e. The maximum atomic E-state index is 14.0. The van der Waals surface area contributed by atoms with Crippen molar-refractivity contribution in [1.82, 2.24) is 29.5 Å². The Morgan fingerprint density at radius 3 is 2.46 bits per heavy atom. The maximum absolute atomic E-state index is 14.0. The zero-order chi connectivity index (χ0) is 24.4. The van der Waals surface area contributed by atoms with Gasteiger partial charge in [-0.15, -0.1) is 0 Å². The van der Waals surface area contributed by atoms with Crippen LogP contribution >= 0.6 is 0 Å². The number of hydrogen-bond donors (Lipinski definition) is 0. The highest BCUT2D eigenvalue weighted by Gasteiger charge is 2.25. The number of piperazine rings is 1. The number of amides is 1. The molecular formula is C26H26F2N6O. The van der Waals surface area contributed by atoms with E-state index in [0.717, 1.165) is 30.9 Å². The Hall–Kier alpha value is -3.72. The Balaban J connectivity index is 1.35. The lowest BCUT2D eigenvalue weighted by Crippen LogP contribution is -2.49. The van der Waals surface area contributed by atoms with E-state index in [0.29, 0.717) is 35.5 Å². The molecule has 0 N–H and O–H groups in total. The minimum absolute atomic E-state index is 0.0432. The number of nitrogens with zero attached hydrogens (tertiary/aromatic N) is 6. The highest BCUT2D eigenvalue weighted by molar-refractivity contribution is 5.87. The van der Waals surface area contributed by atoms with Gasteiger partial charge in [-0.25, -0.2) is 18.4 Å². The van der Waals surface area contributed by atoms with Crippen LogP contribution < -0.4 is 0 Å². The molecule has 1 aliphatic rings. The van der Waals surface area contributed by atoms with Crippen LogP contribution in [0.15, 0.2) is 60.8 Å². The average molecular weight is 477 g/mol. The van der Waals surface area contributed by atoms with E-state index in [1.54, 1.807) is 18.0 Å². The van der Waals surface area contributed by atoms with Crippen molar-refractivity contribution in [3.8, 4) is 11.3 Å². The van der Waals surface area contributed by atoms with Crippen molar-refractivity contribution in [3.63, 3.8) is 0 Å². The molecule has 1 aliphatic heterocycles. The fourth-order valence-corrected chi connectivity index (χ4v) is 4.53. The summed E-state index contributed by atoms with van der Waals surface area (Å²) in [6.07, 6.45) is -0.899. The number of alkyl halides is 2. The van der Waals surface area contributed by atoms with Crippen LogP contribution in [0.5, 0.6) is 0 Å². The van der Waals surface area contributed by atoms with E-state index in [4.69, 9.17) is 0 Å². The van der Waals surface area contributed by atoms with Crippen LogP contribution in [-0.2, 0) is 17.9 Å². The van der Waals surface area contributed by atoms with Gasteiger partial charge in [-0.3, -0.25) is 14.7 Å². The van der Waals surface area contributed by atoms with Gasteiger partial charge in [0.25, 0.3) is 6.43 Å². The Morgan fingerprint density at radius 2 is 1.77 bits per heavy atom. The Morgan fingerprint density at radius 1 is 1.03 bits per heavy atom. The first-order chi connectivity index (χ1) is 17.0. The highest BCUT2D eigenvalue weighted by atomic mass is 19.3. The second-order valence-corrected chi connectivity index (χ2v) is 8.68. The summed E-state index contributed by atoms with van der Waals surface area (Å²) >= 11 is 0. The fourth-order valence-electron chi connectivity index (χ4n) is 4.53. The van der Waals surface area contributed by atoms with Gasteiger partial charge < -0.3 is 4.90 Å². The molecule has 9 heteroatoms. The number of carbonyl (C=O) groups excluding carboxylic acids is 1. The van der Waals surface area contributed by atoms with Gasteiger partial charge in [-0.05, 0) is 25.1 Å². The molecule has 5 rings (SSSR count). The highest BCUT2D eigenvalue weighted by Crippen LogP contribution is 2.33. The molecule has 1 fully saturated rings. The molecule has 4 heterocycles. The topological polar surface area (TPSA) is 67.2 Å². The summed E-state index contributed by atoms with van der Waals surface area (Å²) in [5.74, 6) is -0.0996. The summed E-state index contributed by atoms with van der Waals surface area (Å²) in [6.45, 7) is 5.05. The molecule has 35 heavy (non-hydrogen) atoms. The van der Waals surface area contributed by atoms with Crippen molar-refractivity contribution in [1.29, 1.82) is 0 Å². The molecule has 1 amide bonds. The molecule has 0 spiro atoms. The Bertz CT molecular complexity index is 1320. The number of carbonyl (C=O) groups is 1. The third kappa shape index (κ3) is 4.90. The lowest BCUT2D eigenvalue weighted by atomic mass is 10.1. The predicted octanol–water partition coefficient (Wildman–Crippen LogP) is 4.08. The van der Waals surface area contributed by atoms with Crippen molar-refractivity contribution in [2.45, 2.75) is 26.4 Å². The van der Waals surface area contributed by atoms with Gasteiger partial charge in [-0.1, -0.05) is 36.4 Å². The van der Waals surface area contributed by atoms with Crippen LogP contribution in [0.2, 0.25) is 0 Å². The van der Waals surface area contributed by atoms with Gasteiger partial charge in [0.05, 0.1) is 22.5 Å². The minimum atomic E-state index is -2.68. The van der Waals surface area contributed by atoms with Gasteiger partial charge in [-0.2, -0.15) is 5.10 Å². The molecule has 0 saturated carbocycles. The van der Waals surface area contributed by atoms with Gasteiger partial charge >= 0.3 is 0 Å². The number of halogens is 2. The standard InChI is InChI=1S/C26H26F2N6O/c1-18-24-21(25(27)28)15-22(19-7-3-2-4-8-19)30-26(24)34(31-18)17-23(35)33-13-11-32(12-14-33)16-20-9-5-6-10-29-20/h2-10,15,25H,11-14,16-17H2,1H3. The third-order valence-electron chi connectivity index (χ3n) is 6.33. The number of pyridine rings is 2. The van der Waals surface area contributed by atoms with E-state index in [1.807, 2.05) is 48.5 Å². The molecule has 1 saturated heterocycles. The van der Waals surface area contributed by atoms with Crippen LogP contribution in [0.4, 0.5) is 8.78 Å². The quantitative estimate of drug-likeness (QED) is 0.420. The molecule has 7 nitrogen and oxygen atoms in total. The van der Waals surface area contributed by atoms with Crippen LogP contribution in [0, 0.1) is 6.92 Å². The first-order valence-corrected chi connectivity index (χ1v) is 11.6. The first kappa shape index (κ1) is 23.0. The molecule has 0 aliphatic carbocycles. The number of rotatable bonds is 6. The second kappa shape index (κ2) is 9.87. The Labute approximate surface area is 202 Å². The lowest BCUT2D eigenvalue weighted by molar-refractivity contribution is -0.133. The summed E-state index contributed by atoms with van der Waals surface area (Å²) in [5, 5.41) is 4.74. The molecule has 4 aromatic rings. The van der Waals surface area contributed by atoms with Gasteiger partial charge in [0, 0.05) is 50.0 Å².